The molecule has 0 atom stereocenters. The quantitative estimate of drug-likeness (QED) is 0.454. The first-order valence-corrected chi connectivity index (χ1v) is 7.31. The topological polar surface area (TPSA) is 60.2 Å². The fourth-order valence-corrected chi connectivity index (χ4v) is 2.78. The fourth-order valence-electron chi connectivity index (χ4n) is 1.66. The van der Waals surface area contributed by atoms with E-state index in [0.29, 0.717) is 0 Å². The van der Waals surface area contributed by atoms with Gasteiger partial charge < -0.3 is 0 Å². The van der Waals surface area contributed by atoms with Crippen LogP contribution in [0.4, 0.5) is 5.69 Å². The Morgan fingerprint density at radius 2 is 1.75 bits per heavy atom. The maximum atomic E-state index is 11.5. The minimum Gasteiger partial charge on any atom is -0.294 e. The van der Waals surface area contributed by atoms with Gasteiger partial charge in [0, 0.05) is 20.3 Å². The van der Waals surface area contributed by atoms with Crippen LogP contribution in [-0.4, -0.2) is 10.7 Å². The molecular formula is C14H10BrNO3S. The molecule has 0 aliphatic carbocycles. The number of carbonyl (C=O) groups is 1. The second kappa shape index (κ2) is 6.19. The summed E-state index contributed by atoms with van der Waals surface area (Å²) in [7, 11) is 0. The number of carbonyl (C=O) groups excluding carboxylic acids is 1. The van der Waals surface area contributed by atoms with E-state index in [-0.39, 0.29) is 17.0 Å². The molecular weight excluding hydrogens is 342 g/mol. The summed E-state index contributed by atoms with van der Waals surface area (Å²) >= 11 is 4.81. The lowest BCUT2D eigenvalue weighted by Gasteiger charge is -2.04. The van der Waals surface area contributed by atoms with Gasteiger partial charge in [0.05, 0.1) is 10.5 Å². The standard InChI is InChI=1S/C14H10BrNO3S/c1-9(17)13-8-12(6-7-14(13)16(18)19)20-11-4-2-10(15)3-5-11/h2-8H,1H3. The van der Waals surface area contributed by atoms with E-state index in [4.69, 9.17) is 0 Å². The third kappa shape index (κ3) is 3.46. The minimum atomic E-state index is -0.537. The van der Waals surface area contributed by atoms with Crippen LogP contribution < -0.4 is 0 Å². The van der Waals surface area contributed by atoms with Crippen molar-refractivity contribution in [2.24, 2.45) is 0 Å². The summed E-state index contributed by atoms with van der Waals surface area (Å²) in [6, 6.07) is 12.3. The lowest BCUT2D eigenvalue weighted by molar-refractivity contribution is -0.385. The summed E-state index contributed by atoms with van der Waals surface area (Å²) in [5.74, 6) is -0.310. The largest absolute Gasteiger partial charge is 0.294 e. The predicted octanol–water partition coefficient (Wildman–Crippen LogP) is 4.71. The highest BCUT2D eigenvalue weighted by Crippen LogP contribution is 2.32. The van der Waals surface area contributed by atoms with E-state index in [9.17, 15) is 14.9 Å². The zero-order valence-electron chi connectivity index (χ0n) is 10.5. The number of nitro groups is 1. The van der Waals surface area contributed by atoms with Gasteiger partial charge in [-0.2, -0.15) is 0 Å². The molecule has 4 nitrogen and oxygen atoms in total. The molecule has 0 aliphatic rings. The SMILES string of the molecule is CC(=O)c1cc(Sc2ccc(Br)cc2)ccc1[N+](=O)[O-]. The van der Waals surface area contributed by atoms with Crippen molar-refractivity contribution < 1.29 is 9.72 Å². The number of Topliss-reactive ketones (excluding diaryl/α,β-unsaturated/α-hetero) is 1. The number of hydrogen-bond acceptors (Lipinski definition) is 4. The van der Waals surface area contributed by atoms with Crippen molar-refractivity contribution in [3.63, 3.8) is 0 Å². The van der Waals surface area contributed by atoms with Crippen molar-refractivity contribution in [2.45, 2.75) is 16.7 Å². The third-order valence-electron chi connectivity index (χ3n) is 2.59. The van der Waals surface area contributed by atoms with Crippen molar-refractivity contribution in [3.8, 4) is 0 Å². The Kier molecular flexibility index (Phi) is 4.57. The molecule has 0 bridgehead atoms. The Labute approximate surface area is 128 Å². The lowest BCUT2D eigenvalue weighted by Crippen LogP contribution is -2.00. The molecule has 0 saturated heterocycles. The van der Waals surface area contributed by atoms with Gasteiger partial charge in [-0.25, -0.2) is 0 Å². The summed E-state index contributed by atoms with van der Waals surface area (Å²) < 4.78 is 0.981. The second-order valence-corrected chi connectivity index (χ2v) is 6.11. The average Bonchev–Trinajstić information content (AvgIpc) is 2.41. The molecule has 20 heavy (non-hydrogen) atoms. The number of halogens is 1. The first-order valence-electron chi connectivity index (χ1n) is 5.70. The zero-order valence-corrected chi connectivity index (χ0v) is 12.9. The van der Waals surface area contributed by atoms with Crippen LogP contribution in [0.1, 0.15) is 17.3 Å². The fraction of sp³-hybridized carbons (Fsp3) is 0.0714. The summed E-state index contributed by atoms with van der Waals surface area (Å²) in [6.45, 7) is 1.33. The second-order valence-electron chi connectivity index (χ2n) is 4.05. The van der Waals surface area contributed by atoms with Gasteiger partial charge >= 0.3 is 0 Å². The molecule has 0 amide bonds. The predicted molar refractivity (Wildman–Crippen MR) is 81.4 cm³/mol. The first-order chi connectivity index (χ1) is 9.47. The molecule has 102 valence electrons. The van der Waals surface area contributed by atoms with Gasteiger partial charge in [-0.15, -0.1) is 0 Å². The van der Waals surface area contributed by atoms with Crippen LogP contribution in [-0.2, 0) is 0 Å². The smallest absolute Gasteiger partial charge is 0.280 e. The molecule has 0 unspecified atom stereocenters. The van der Waals surface area contributed by atoms with Crippen molar-refractivity contribution in [1.82, 2.24) is 0 Å². The summed E-state index contributed by atoms with van der Waals surface area (Å²) in [4.78, 5) is 23.6. The summed E-state index contributed by atoms with van der Waals surface area (Å²) in [5, 5.41) is 10.9. The zero-order chi connectivity index (χ0) is 14.7. The van der Waals surface area contributed by atoms with Gasteiger partial charge in [0.1, 0.15) is 0 Å². The van der Waals surface area contributed by atoms with Crippen molar-refractivity contribution in [3.05, 3.63) is 62.6 Å². The van der Waals surface area contributed by atoms with Crippen molar-refractivity contribution in [1.29, 1.82) is 0 Å². The van der Waals surface area contributed by atoms with E-state index in [2.05, 4.69) is 15.9 Å². The Morgan fingerprint density at radius 1 is 1.15 bits per heavy atom. The molecule has 0 radical (unpaired) electrons. The maximum absolute atomic E-state index is 11.5. The Morgan fingerprint density at radius 3 is 2.30 bits per heavy atom. The van der Waals surface area contributed by atoms with E-state index in [1.807, 2.05) is 24.3 Å². The van der Waals surface area contributed by atoms with Crippen LogP contribution >= 0.6 is 27.7 Å². The highest BCUT2D eigenvalue weighted by atomic mass is 79.9. The minimum absolute atomic E-state index is 0.136. The molecule has 0 aromatic heterocycles. The van der Waals surface area contributed by atoms with Crippen LogP contribution in [0.5, 0.6) is 0 Å². The molecule has 0 spiro atoms. The Hall–Kier alpha value is -1.66. The van der Waals surface area contributed by atoms with E-state index in [1.165, 1.54) is 24.8 Å². The van der Waals surface area contributed by atoms with Crippen molar-refractivity contribution in [2.75, 3.05) is 0 Å². The number of nitrogens with zero attached hydrogens (tertiary/aromatic N) is 1. The van der Waals surface area contributed by atoms with Crippen LogP contribution in [0, 0.1) is 10.1 Å². The van der Waals surface area contributed by atoms with Gasteiger partial charge in [0.25, 0.3) is 5.69 Å². The molecule has 2 aromatic rings. The highest BCUT2D eigenvalue weighted by Gasteiger charge is 2.17. The van der Waals surface area contributed by atoms with Crippen LogP contribution in [0.3, 0.4) is 0 Å². The summed E-state index contributed by atoms with van der Waals surface area (Å²) in [6.07, 6.45) is 0. The molecule has 0 fully saturated rings. The van der Waals surface area contributed by atoms with Crippen LogP contribution in [0.25, 0.3) is 0 Å². The number of hydrogen-bond donors (Lipinski definition) is 0. The number of benzene rings is 2. The van der Waals surface area contributed by atoms with Gasteiger partial charge in [0.2, 0.25) is 0 Å². The summed E-state index contributed by atoms with van der Waals surface area (Å²) in [5.41, 5.74) is -0.0187. The average molecular weight is 352 g/mol. The van der Waals surface area contributed by atoms with Crippen LogP contribution in [0.15, 0.2) is 56.7 Å². The van der Waals surface area contributed by atoms with E-state index in [0.717, 1.165) is 14.3 Å². The van der Waals surface area contributed by atoms with Gasteiger partial charge in [0.15, 0.2) is 5.78 Å². The van der Waals surface area contributed by atoms with Gasteiger partial charge in [-0.05, 0) is 43.3 Å². The molecule has 0 aliphatic heterocycles. The normalized spacial score (nSPS) is 10.3. The molecule has 2 aromatic carbocycles. The van der Waals surface area contributed by atoms with E-state index in [1.54, 1.807) is 12.1 Å². The Balaban J connectivity index is 2.34. The molecule has 0 N–H and O–H groups in total. The monoisotopic (exact) mass is 351 g/mol. The number of rotatable bonds is 4. The number of nitro benzene ring substituents is 1. The molecule has 6 heteroatoms. The Bertz CT molecular complexity index is 671. The lowest BCUT2D eigenvalue weighted by atomic mass is 10.1. The number of ketones is 1. The van der Waals surface area contributed by atoms with Gasteiger partial charge in [-0.3, -0.25) is 14.9 Å². The van der Waals surface area contributed by atoms with E-state index < -0.39 is 4.92 Å². The highest BCUT2D eigenvalue weighted by molar-refractivity contribution is 9.10. The molecule has 0 heterocycles. The third-order valence-corrected chi connectivity index (χ3v) is 4.12. The maximum Gasteiger partial charge on any atom is 0.280 e. The molecule has 0 saturated carbocycles. The van der Waals surface area contributed by atoms with Gasteiger partial charge in [-0.1, -0.05) is 27.7 Å². The van der Waals surface area contributed by atoms with E-state index >= 15 is 0 Å². The van der Waals surface area contributed by atoms with Crippen LogP contribution in [0.2, 0.25) is 0 Å². The first kappa shape index (κ1) is 14.7. The van der Waals surface area contributed by atoms with Crippen molar-refractivity contribution >= 4 is 39.2 Å². The molecule has 2 rings (SSSR count).